The summed E-state index contributed by atoms with van der Waals surface area (Å²) in [5, 5.41) is 13.1. The molecule has 1 aliphatic heterocycles. The lowest BCUT2D eigenvalue weighted by atomic mass is 9.89. The van der Waals surface area contributed by atoms with Gasteiger partial charge in [-0.2, -0.15) is 0 Å². The molecule has 1 saturated heterocycles. The Bertz CT molecular complexity index is 1150. The number of thiophene rings is 1. The van der Waals surface area contributed by atoms with Crippen LogP contribution in [-0.4, -0.2) is 16.8 Å². The van der Waals surface area contributed by atoms with E-state index >= 15 is 0 Å². The van der Waals surface area contributed by atoms with Crippen LogP contribution in [0.25, 0.3) is 5.76 Å². The fraction of sp³-hybridized carbons (Fsp3) is 0.200. The Balaban J connectivity index is 1.67. The maximum atomic E-state index is 13.1. The minimum atomic E-state index is -0.646. The van der Waals surface area contributed by atoms with Crippen molar-refractivity contribution in [3.63, 3.8) is 0 Å². The highest BCUT2D eigenvalue weighted by Gasteiger charge is 2.47. The molecule has 1 aromatic heterocycles. The van der Waals surface area contributed by atoms with Crippen LogP contribution in [0.3, 0.4) is 0 Å². The number of amides is 1. The zero-order chi connectivity index (χ0) is 20.7. The number of aliphatic hydroxyl groups excluding tert-OH is 1. The van der Waals surface area contributed by atoms with E-state index in [1.807, 2.05) is 66.0 Å². The van der Waals surface area contributed by atoms with Crippen molar-refractivity contribution in [3.05, 3.63) is 93.2 Å². The van der Waals surface area contributed by atoms with Gasteiger partial charge in [0.2, 0.25) is 0 Å². The lowest BCUT2D eigenvalue weighted by molar-refractivity contribution is -0.132. The highest BCUT2D eigenvalue weighted by Crippen LogP contribution is 2.43. The molecule has 1 N–H and O–H groups in total. The molecule has 1 fully saturated rings. The zero-order valence-corrected chi connectivity index (χ0v) is 17.2. The molecule has 1 aliphatic carbocycles. The summed E-state index contributed by atoms with van der Waals surface area (Å²) >= 11 is 1.47. The number of ketones is 1. The maximum Gasteiger partial charge on any atom is 0.300 e. The third kappa shape index (κ3) is 3.06. The lowest BCUT2D eigenvalue weighted by Gasteiger charge is -2.24. The molecule has 2 aromatic carbocycles. The molecule has 1 unspecified atom stereocenters. The van der Waals surface area contributed by atoms with Crippen molar-refractivity contribution in [3.8, 4) is 0 Å². The molecule has 1 amide bonds. The molecule has 0 saturated carbocycles. The summed E-state index contributed by atoms with van der Waals surface area (Å²) in [5.74, 6) is -1.36. The molecule has 0 bridgehead atoms. The number of aryl methyl sites for hydroxylation is 2. The average molecular weight is 416 g/mol. The Morgan fingerprint density at radius 3 is 2.43 bits per heavy atom. The summed E-state index contributed by atoms with van der Waals surface area (Å²) in [6.45, 7) is 0. The predicted octanol–water partition coefficient (Wildman–Crippen LogP) is 5.25. The molecule has 2 heterocycles. The van der Waals surface area contributed by atoms with Gasteiger partial charge in [0.15, 0.2) is 0 Å². The SMILES string of the molecule is O=C1C(=O)N(c2ccccc2)C(c2cccs2)/C1=C(/O)c1ccc2c(c1)CCCC2. The number of anilines is 1. The fourth-order valence-corrected chi connectivity index (χ4v) is 5.26. The van der Waals surface area contributed by atoms with Gasteiger partial charge in [0, 0.05) is 16.1 Å². The van der Waals surface area contributed by atoms with Gasteiger partial charge in [0.1, 0.15) is 11.8 Å². The number of carbonyl (C=O) groups is 2. The molecule has 3 aromatic rings. The molecule has 30 heavy (non-hydrogen) atoms. The second kappa shape index (κ2) is 7.58. The van der Waals surface area contributed by atoms with Crippen LogP contribution in [0.5, 0.6) is 0 Å². The number of rotatable bonds is 3. The number of benzene rings is 2. The van der Waals surface area contributed by atoms with Crippen molar-refractivity contribution in [2.45, 2.75) is 31.7 Å². The van der Waals surface area contributed by atoms with Crippen LogP contribution in [0, 0.1) is 0 Å². The fourth-order valence-electron chi connectivity index (χ4n) is 4.44. The number of para-hydroxylation sites is 1. The van der Waals surface area contributed by atoms with Gasteiger partial charge in [-0.3, -0.25) is 14.5 Å². The molecule has 5 heteroatoms. The van der Waals surface area contributed by atoms with E-state index in [1.54, 1.807) is 0 Å². The third-order valence-corrected chi connectivity index (χ3v) is 6.84. The molecule has 150 valence electrons. The van der Waals surface area contributed by atoms with E-state index in [4.69, 9.17) is 0 Å². The Kier molecular flexibility index (Phi) is 4.75. The van der Waals surface area contributed by atoms with Crippen LogP contribution in [0.1, 0.15) is 40.5 Å². The summed E-state index contributed by atoms with van der Waals surface area (Å²) in [6, 6.07) is 18.2. The Labute approximate surface area is 179 Å². The number of Topliss-reactive ketones (excluding diaryl/α,β-unsaturated/α-hetero) is 1. The number of fused-ring (bicyclic) bond motifs is 1. The van der Waals surface area contributed by atoms with E-state index in [9.17, 15) is 14.7 Å². The van der Waals surface area contributed by atoms with Crippen molar-refractivity contribution in [2.75, 3.05) is 4.90 Å². The highest BCUT2D eigenvalue weighted by molar-refractivity contribution is 7.10. The van der Waals surface area contributed by atoms with E-state index in [0.717, 1.165) is 24.1 Å². The molecule has 4 nitrogen and oxygen atoms in total. The molecule has 2 aliphatic rings. The van der Waals surface area contributed by atoms with E-state index < -0.39 is 17.7 Å². The first kappa shape index (κ1) is 18.8. The Hall–Kier alpha value is -3.18. The quantitative estimate of drug-likeness (QED) is 0.361. The average Bonchev–Trinajstić information content (AvgIpc) is 3.40. The van der Waals surface area contributed by atoms with Gasteiger partial charge >= 0.3 is 0 Å². The third-order valence-electron chi connectivity index (χ3n) is 5.91. The van der Waals surface area contributed by atoms with Crippen molar-refractivity contribution < 1.29 is 14.7 Å². The highest BCUT2D eigenvalue weighted by atomic mass is 32.1. The summed E-state index contributed by atoms with van der Waals surface area (Å²) in [5.41, 5.74) is 3.92. The summed E-state index contributed by atoms with van der Waals surface area (Å²) in [6.07, 6.45) is 4.33. The first-order valence-corrected chi connectivity index (χ1v) is 11.0. The van der Waals surface area contributed by atoms with Gasteiger partial charge in [-0.25, -0.2) is 0 Å². The molecular weight excluding hydrogens is 394 g/mol. The first-order valence-electron chi connectivity index (χ1n) is 10.2. The van der Waals surface area contributed by atoms with Gasteiger partial charge in [-0.1, -0.05) is 36.4 Å². The van der Waals surface area contributed by atoms with Crippen LogP contribution in [0.15, 0.2) is 71.6 Å². The van der Waals surface area contributed by atoms with Crippen molar-refractivity contribution in [1.29, 1.82) is 0 Å². The van der Waals surface area contributed by atoms with E-state index in [-0.39, 0.29) is 11.3 Å². The van der Waals surface area contributed by atoms with E-state index in [1.165, 1.54) is 33.8 Å². The van der Waals surface area contributed by atoms with Gasteiger partial charge in [-0.05, 0) is 66.5 Å². The van der Waals surface area contributed by atoms with Crippen LogP contribution >= 0.6 is 11.3 Å². The number of carbonyl (C=O) groups excluding carboxylic acids is 2. The maximum absolute atomic E-state index is 13.1. The Morgan fingerprint density at radius 1 is 0.933 bits per heavy atom. The number of aliphatic hydroxyl groups is 1. The van der Waals surface area contributed by atoms with Crippen molar-refractivity contribution >= 4 is 34.5 Å². The molecule has 1 atom stereocenters. The normalized spacial score (nSPS) is 20.4. The minimum Gasteiger partial charge on any atom is -0.507 e. The monoisotopic (exact) mass is 415 g/mol. The summed E-state index contributed by atoms with van der Waals surface area (Å²) < 4.78 is 0. The van der Waals surface area contributed by atoms with Gasteiger partial charge in [0.05, 0.1) is 5.57 Å². The van der Waals surface area contributed by atoms with Crippen molar-refractivity contribution in [1.82, 2.24) is 0 Å². The number of hydrogen-bond donors (Lipinski definition) is 1. The lowest BCUT2D eigenvalue weighted by Crippen LogP contribution is -2.29. The van der Waals surface area contributed by atoms with Gasteiger partial charge in [0.25, 0.3) is 11.7 Å². The smallest absolute Gasteiger partial charge is 0.300 e. The topological polar surface area (TPSA) is 57.6 Å². The van der Waals surface area contributed by atoms with Crippen molar-refractivity contribution in [2.24, 2.45) is 0 Å². The van der Waals surface area contributed by atoms with Crippen LogP contribution < -0.4 is 4.90 Å². The summed E-state index contributed by atoms with van der Waals surface area (Å²) in [4.78, 5) is 28.5. The Morgan fingerprint density at radius 2 is 1.70 bits per heavy atom. The zero-order valence-electron chi connectivity index (χ0n) is 16.4. The second-order valence-electron chi connectivity index (χ2n) is 7.71. The molecule has 0 radical (unpaired) electrons. The molecule has 0 spiro atoms. The van der Waals surface area contributed by atoms with Crippen LogP contribution in [-0.2, 0) is 22.4 Å². The minimum absolute atomic E-state index is 0.0986. The van der Waals surface area contributed by atoms with Crippen LogP contribution in [0.4, 0.5) is 5.69 Å². The van der Waals surface area contributed by atoms with E-state index in [0.29, 0.717) is 11.3 Å². The summed E-state index contributed by atoms with van der Waals surface area (Å²) in [7, 11) is 0. The second-order valence-corrected chi connectivity index (χ2v) is 8.69. The van der Waals surface area contributed by atoms with Gasteiger partial charge < -0.3 is 5.11 Å². The van der Waals surface area contributed by atoms with Gasteiger partial charge in [-0.15, -0.1) is 11.3 Å². The first-order chi connectivity index (χ1) is 14.6. The standard InChI is InChI=1S/C25H21NO3S/c27-23(18-13-12-16-7-4-5-8-17(16)15-18)21-22(20-11-6-14-30-20)26(25(29)24(21)28)19-9-2-1-3-10-19/h1-3,6,9-15,22,27H,4-5,7-8H2/b23-21-. The predicted molar refractivity (Wildman–Crippen MR) is 119 cm³/mol. The number of nitrogens with zero attached hydrogens (tertiary/aromatic N) is 1. The van der Waals surface area contributed by atoms with Crippen LogP contribution in [0.2, 0.25) is 0 Å². The van der Waals surface area contributed by atoms with E-state index in [2.05, 4.69) is 0 Å². The molecule has 5 rings (SSSR count). The largest absolute Gasteiger partial charge is 0.507 e. The number of hydrogen-bond acceptors (Lipinski definition) is 4. The molecular formula is C25H21NO3S.